The standard InChI is InChI=1S/C34H42ClN3O7S/c1-34(2,3)45-33(40)38(22-30(24-8-7-9-25(35)20-24)44-31-10-5-6-19-43-31)18-17-23-11-13-26(14-12-23)46(41,42)27-15-16-29(37-4)28(21-27)32(36)39/h7-9,11-16,20-21,30-31,37H,5-6,10,17-19,22H2,1-4H3,(H2,36,39)/t30-,31?/m0/s1. The summed E-state index contributed by atoms with van der Waals surface area (Å²) in [5.74, 6) is -0.736. The Morgan fingerprint density at radius 2 is 1.78 bits per heavy atom. The third-order valence-electron chi connectivity index (χ3n) is 7.45. The van der Waals surface area contributed by atoms with E-state index >= 15 is 0 Å². The molecule has 0 aliphatic carbocycles. The predicted molar refractivity (Wildman–Crippen MR) is 177 cm³/mol. The molecule has 0 spiro atoms. The molecule has 46 heavy (non-hydrogen) atoms. The summed E-state index contributed by atoms with van der Waals surface area (Å²) < 4.78 is 44.7. The van der Waals surface area contributed by atoms with Crippen molar-refractivity contribution in [3.8, 4) is 0 Å². The molecule has 0 radical (unpaired) electrons. The molecule has 1 fully saturated rings. The lowest BCUT2D eigenvalue weighted by molar-refractivity contribution is -0.192. The molecule has 4 rings (SSSR count). The Hall–Kier alpha value is -3.64. The van der Waals surface area contributed by atoms with E-state index in [9.17, 15) is 18.0 Å². The molecule has 1 unspecified atom stereocenters. The minimum absolute atomic E-state index is 0.0434. The van der Waals surface area contributed by atoms with Crippen LogP contribution >= 0.6 is 11.6 Å². The molecule has 1 saturated heterocycles. The lowest BCUT2D eigenvalue weighted by Gasteiger charge is -2.33. The number of nitrogens with one attached hydrogen (secondary N) is 1. The number of primary amides is 1. The van der Waals surface area contributed by atoms with Gasteiger partial charge in [0.1, 0.15) is 11.7 Å². The van der Waals surface area contributed by atoms with Crippen LogP contribution < -0.4 is 11.1 Å². The average Bonchev–Trinajstić information content (AvgIpc) is 3.02. The fourth-order valence-electron chi connectivity index (χ4n) is 5.07. The molecule has 0 saturated carbocycles. The van der Waals surface area contributed by atoms with Crippen LogP contribution in [0.4, 0.5) is 10.5 Å². The Bertz CT molecular complexity index is 1620. The Labute approximate surface area is 276 Å². The summed E-state index contributed by atoms with van der Waals surface area (Å²) in [5, 5.41) is 3.39. The number of hydrogen-bond donors (Lipinski definition) is 2. The van der Waals surface area contributed by atoms with Gasteiger partial charge < -0.3 is 30.2 Å². The van der Waals surface area contributed by atoms with Gasteiger partial charge in [0.2, 0.25) is 9.84 Å². The number of hydrogen-bond acceptors (Lipinski definition) is 8. The van der Waals surface area contributed by atoms with Gasteiger partial charge in [0.05, 0.1) is 21.9 Å². The normalized spacial score (nSPS) is 16.0. The van der Waals surface area contributed by atoms with Crippen molar-refractivity contribution in [2.24, 2.45) is 5.73 Å². The fourth-order valence-corrected chi connectivity index (χ4v) is 6.55. The minimum atomic E-state index is -3.93. The number of nitrogens with zero attached hydrogens (tertiary/aromatic N) is 1. The molecule has 10 nitrogen and oxygen atoms in total. The average molecular weight is 672 g/mol. The third-order valence-corrected chi connectivity index (χ3v) is 9.45. The molecular formula is C34H42ClN3O7S. The summed E-state index contributed by atoms with van der Waals surface area (Å²) in [5.41, 5.74) is 6.88. The van der Waals surface area contributed by atoms with Crippen LogP contribution in [0.1, 0.15) is 67.6 Å². The molecule has 1 heterocycles. The molecule has 248 valence electrons. The summed E-state index contributed by atoms with van der Waals surface area (Å²) in [7, 11) is -2.31. The Morgan fingerprint density at radius 1 is 1.07 bits per heavy atom. The van der Waals surface area contributed by atoms with Gasteiger partial charge in [0, 0.05) is 30.9 Å². The maximum Gasteiger partial charge on any atom is 0.410 e. The van der Waals surface area contributed by atoms with Crippen molar-refractivity contribution in [2.45, 2.75) is 74.2 Å². The van der Waals surface area contributed by atoms with E-state index in [2.05, 4.69) is 5.32 Å². The quantitative estimate of drug-likeness (QED) is 0.226. The lowest BCUT2D eigenvalue weighted by Crippen LogP contribution is -2.41. The molecule has 3 aromatic carbocycles. The van der Waals surface area contributed by atoms with Crippen molar-refractivity contribution in [2.75, 3.05) is 32.1 Å². The van der Waals surface area contributed by atoms with Crippen molar-refractivity contribution in [1.82, 2.24) is 4.90 Å². The molecule has 2 atom stereocenters. The van der Waals surface area contributed by atoms with E-state index in [-0.39, 0.29) is 28.4 Å². The molecule has 1 aliphatic heterocycles. The molecule has 2 amide bonds. The van der Waals surface area contributed by atoms with Gasteiger partial charge in [0.25, 0.3) is 5.91 Å². The van der Waals surface area contributed by atoms with Crippen molar-refractivity contribution in [3.63, 3.8) is 0 Å². The van der Waals surface area contributed by atoms with Gasteiger partial charge in [-0.3, -0.25) is 4.79 Å². The molecule has 1 aliphatic rings. The van der Waals surface area contributed by atoms with Crippen LogP contribution in [0.2, 0.25) is 5.02 Å². The van der Waals surface area contributed by atoms with Crippen molar-refractivity contribution < 1.29 is 32.2 Å². The number of ether oxygens (including phenoxy) is 3. The van der Waals surface area contributed by atoms with E-state index in [1.165, 1.54) is 30.3 Å². The highest BCUT2D eigenvalue weighted by Crippen LogP contribution is 2.29. The smallest absolute Gasteiger partial charge is 0.410 e. The highest BCUT2D eigenvalue weighted by Gasteiger charge is 2.29. The van der Waals surface area contributed by atoms with Crippen LogP contribution in [0.25, 0.3) is 0 Å². The number of benzene rings is 3. The molecule has 3 aromatic rings. The SMILES string of the molecule is CNc1ccc(S(=O)(=O)c2ccc(CCN(C[C@H](OC3CCCCO3)c3cccc(Cl)c3)C(=O)OC(C)(C)C)cc2)cc1C(N)=O. The first-order valence-electron chi connectivity index (χ1n) is 15.2. The first kappa shape index (κ1) is 35.2. The Kier molecular flexibility index (Phi) is 11.7. The van der Waals surface area contributed by atoms with Gasteiger partial charge in [0.15, 0.2) is 6.29 Å². The number of amides is 2. The number of anilines is 1. The maximum atomic E-state index is 13.4. The largest absolute Gasteiger partial charge is 0.444 e. The number of carbonyl (C=O) groups excluding carboxylic acids is 2. The minimum Gasteiger partial charge on any atom is -0.444 e. The van der Waals surface area contributed by atoms with Crippen molar-refractivity contribution in [1.29, 1.82) is 0 Å². The summed E-state index contributed by atoms with van der Waals surface area (Å²) in [6, 6.07) is 18.0. The summed E-state index contributed by atoms with van der Waals surface area (Å²) in [6.45, 7) is 6.50. The number of halogens is 1. The number of rotatable bonds is 12. The Balaban J connectivity index is 1.54. The highest BCUT2D eigenvalue weighted by molar-refractivity contribution is 7.91. The van der Waals surface area contributed by atoms with Crippen molar-refractivity contribution >= 4 is 39.1 Å². The van der Waals surface area contributed by atoms with Crippen LogP contribution in [0.15, 0.2) is 76.5 Å². The maximum absolute atomic E-state index is 13.4. The lowest BCUT2D eigenvalue weighted by atomic mass is 10.1. The molecule has 3 N–H and O–H groups in total. The van der Waals surface area contributed by atoms with E-state index in [1.807, 2.05) is 39.0 Å². The Morgan fingerprint density at radius 3 is 2.39 bits per heavy atom. The first-order valence-corrected chi connectivity index (χ1v) is 17.1. The highest BCUT2D eigenvalue weighted by atomic mass is 35.5. The second-order valence-corrected chi connectivity index (χ2v) is 14.5. The molecular weight excluding hydrogens is 630 g/mol. The van der Waals surface area contributed by atoms with Crippen molar-refractivity contribution in [3.05, 3.63) is 88.4 Å². The van der Waals surface area contributed by atoms with Gasteiger partial charge >= 0.3 is 6.09 Å². The zero-order valence-electron chi connectivity index (χ0n) is 26.6. The summed E-state index contributed by atoms with van der Waals surface area (Å²) >= 11 is 6.32. The predicted octanol–water partition coefficient (Wildman–Crippen LogP) is 6.38. The van der Waals surface area contributed by atoms with Crippen LogP contribution in [-0.2, 0) is 30.5 Å². The van der Waals surface area contributed by atoms with Crippen LogP contribution in [0.3, 0.4) is 0 Å². The second-order valence-electron chi connectivity index (χ2n) is 12.1. The molecule has 0 aromatic heterocycles. The van der Waals surface area contributed by atoms with E-state index < -0.39 is 39.8 Å². The summed E-state index contributed by atoms with van der Waals surface area (Å²) in [4.78, 5) is 26.9. The van der Waals surface area contributed by atoms with E-state index in [0.717, 1.165) is 30.4 Å². The van der Waals surface area contributed by atoms with Gasteiger partial charge in [-0.1, -0.05) is 35.9 Å². The van der Waals surface area contributed by atoms with Gasteiger partial charge in [-0.2, -0.15) is 0 Å². The van der Waals surface area contributed by atoms with Crippen LogP contribution in [0, 0.1) is 0 Å². The first-order chi connectivity index (χ1) is 21.8. The zero-order valence-corrected chi connectivity index (χ0v) is 28.2. The topological polar surface area (TPSA) is 137 Å². The van der Waals surface area contributed by atoms with E-state index in [1.54, 1.807) is 30.1 Å². The van der Waals surface area contributed by atoms with E-state index in [4.69, 9.17) is 31.5 Å². The summed E-state index contributed by atoms with van der Waals surface area (Å²) in [6.07, 6.45) is 1.71. The van der Waals surface area contributed by atoms with Gasteiger partial charge in [-0.15, -0.1) is 0 Å². The van der Waals surface area contributed by atoms with Gasteiger partial charge in [-0.05, 0) is 100 Å². The van der Waals surface area contributed by atoms with Crippen LogP contribution in [0.5, 0.6) is 0 Å². The molecule has 0 bridgehead atoms. The van der Waals surface area contributed by atoms with Gasteiger partial charge in [-0.25, -0.2) is 13.2 Å². The van der Waals surface area contributed by atoms with Crippen LogP contribution in [-0.4, -0.2) is 64.0 Å². The monoisotopic (exact) mass is 671 g/mol. The third kappa shape index (κ3) is 9.45. The van der Waals surface area contributed by atoms with E-state index in [0.29, 0.717) is 23.7 Å². The fraction of sp³-hybridized carbons (Fsp3) is 0.412. The number of carbonyl (C=O) groups is 2. The molecule has 12 heteroatoms. The second kappa shape index (κ2) is 15.3. The number of nitrogens with two attached hydrogens (primary N) is 1. The zero-order chi connectivity index (χ0) is 33.5. The number of sulfone groups is 1.